The maximum atomic E-state index is 13.8. The Labute approximate surface area is 107 Å². The number of methoxy groups -OCH3 is 1. The van der Waals surface area contributed by atoms with E-state index in [0.29, 0.717) is 6.42 Å². The van der Waals surface area contributed by atoms with Crippen LogP contribution in [0.2, 0.25) is 0 Å². The molecule has 1 aromatic carbocycles. The Hall–Kier alpha value is -0.870. The molecule has 0 spiro atoms. The zero-order chi connectivity index (χ0) is 12.3. The molecule has 17 heavy (non-hydrogen) atoms. The van der Waals surface area contributed by atoms with Crippen LogP contribution in [0, 0.1) is 17.6 Å². The third kappa shape index (κ3) is 3.82. The second-order valence-corrected chi connectivity index (χ2v) is 4.21. The first-order valence-corrected chi connectivity index (χ1v) is 5.24. The Kier molecular flexibility index (Phi) is 6.42. The van der Waals surface area contributed by atoms with Gasteiger partial charge in [0.1, 0.15) is 5.82 Å². The lowest BCUT2D eigenvalue weighted by molar-refractivity contribution is 0.374. The standard InChI is InChI=1S/C12H17F2NO.ClH/c1-7(2)6-9(15)11-8(13)4-5-10(16-3)12(11)14;/h4-5,7,9H,6,15H2,1-3H3;1H/t9-;/m1./s1. The van der Waals surface area contributed by atoms with Gasteiger partial charge in [0.25, 0.3) is 0 Å². The number of rotatable bonds is 4. The highest BCUT2D eigenvalue weighted by atomic mass is 35.5. The van der Waals surface area contributed by atoms with Gasteiger partial charge in [0.2, 0.25) is 0 Å². The first-order chi connectivity index (χ1) is 7.47. The highest BCUT2D eigenvalue weighted by Gasteiger charge is 2.20. The van der Waals surface area contributed by atoms with Gasteiger partial charge in [0.15, 0.2) is 11.6 Å². The van der Waals surface area contributed by atoms with Crippen LogP contribution in [0.4, 0.5) is 8.78 Å². The first kappa shape index (κ1) is 16.1. The number of ether oxygens (including phenoxy) is 1. The summed E-state index contributed by atoms with van der Waals surface area (Å²) in [5.41, 5.74) is 5.70. The molecule has 0 saturated heterocycles. The van der Waals surface area contributed by atoms with Gasteiger partial charge in [-0.2, -0.15) is 0 Å². The molecule has 0 fully saturated rings. The normalized spacial score (nSPS) is 12.2. The first-order valence-electron chi connectivity index (χ1n) is 5.24. The van der Waals surface area contributed by atoms with Crippen molar-refractivity contribution in [3.63, 3.8) is 0 Å². The summed E-state index contributed by atoms with van der Waals surface area (Å²) in [6.07, 6.45) is 0.529. The van der Waals surface area contributed by atoms with Crippen LogP contribution in [-0.4, -0.2) is 7.11 Å². The summed E-state index contributed by atoms with van der Waals surface area (Å²) in [7, 11) is 1.34. The molecule has 1 rings (SSSR count). The van der Waals surface area contributed by atoms with E-state index in [2.05, 4.69) is 0 Å². The quantitative estimate of drug-likeness (QED) is 0.905. The molecule has 0 aliphatic carbocycles. The van der Waals surface area contributed by atoms with Crippen LogP contribution in [0.3, 0.4) is 0 Å². The molecular formula is C12H18ClF2NO. The second kappa shape index (κ2) is 6.77. The fourth-order valence-electron chi connectivity index (χ4n) is 1.67. The Balaban J connectivity index is 0.00000256. The van der Waals surface area contributed by atoms with Crippen molar-refractivity contribution < 1.29 is 13.5 Å². The van der Waals surface area contributed by atoms with Crippen molar-refractivity contribution in [3.8, 4) is 5.75 Å². The van der Waals surface area contributed by atoms with Gasteiger partial charge in [-0.15, -0.1) is 12.4 Å². The number of benzene rings is 1. The predicted molar refractivity (Wildman–Crippen MR) is 66.5 cm³/mol. The van der Waals surface area contributed by atoms with Crippen molar-refractivity contribution in [2.75, 3.05) is 7.11 Å². The van der Waals surface area contributed by atoms with Crippen LogP contribution in [-0.2, 0) is 0 Å². The summed E-state index contributed by atoms with van der Waals surface area (Å²) in [6, 6.07) is 1.79. The van der Waals surface area contributed by atoms with Gasteiger partial charge < -0.3 is 10.5 Å². The third-order valence-corrected chi connectivity index (χ3v) is 2.41. The SMILES string of the molecule is COc1ccc(F)c([C@H](N)CC(C)C)c1F.Cl. The zero-order valence-corrected chi connectivity index (χ0v) is 11.0. The largest absolute Gasteiger partial charge is 0.494 e. The molecule has 5 heteroatoms. The topological polar surface area (TPSA) is 35.2 Å². The summed E-state index contributed by atoms with van der Waals surface area (Å²) in [4.78, 5) is 0. The third-order valence-electron chi connectivity index (χ3n) is 2.41. The van der Waals surface area contributed by atoms with Crippen molar-refractivity contribution in [1.82, 2.24) is 0 Å². The van der Waals surface area contributed by atoms with Crippen molar-refractivity contribution in [3.05, 3.63) is 29.3 Å². The molecule has 98 valence electrons. The number of halogens is 3. The molecule has 0 heterocycles. The lowest BCUT2D eigenvalue weighted by Crippen LogP contribution is -2.16. The molecule has 0 saturated carbocycles. The summed E-state index contributed by atoms with van der Waals surface area (Å²) < 4.78 is 32.1. The van der Waals surface area contributed by atoms with Crippen molar-refractivity contribution in [2.45, 2.75) is 26.3 Å². The predicted octanol–water partition coefficient (Wildman–Crippen LogP) is 3.44. The highest BCUT2D eigenvalue weighted by molar-refractivity contribution is 5.85. The van der Waals surface area contributed by atoms with Gasteiger partial charge in [0.05, 0.1) is 7.11 Å². The molecule has 0 aliphatic heterocycles. The zero-order valence-electron chi connectivity index (χ0n) is 10.2. The minimum absolute atomic E-state index is 0. The van der Waals surface area contributed by atoms with Gasteiger partial charge in [-0.25, -0.2) is 8.78 Å². The van der Waals surface area contributed by atoms with Crippen LogP contribution in [0.15, 0.2) is 12.1 Å². The van der Waals surface area contributed by atoms with E-state index in [1.165, 1.54) is 19.2 Å². The molecule has 0 aromatic heterocycles. The lowest BCUT2D eigenvalue weighted by atomic mass is 9.97. The summed E-state index contributed by atoms with van der Waals surface area (Å²) in [5, 5.41) is 0. The van der Waals surface area contributed by atoms with Gasteiger partial charge in [-0.05, 0) is 24.5 Å². The molecule has 2 nitrogen and oxygen atoms in total. The number of hydrogen-bond donors (Lipinski definition) is 1. The summed E-state index contributed by atoms with van der Waals surface area (Å²) >= 11 is 0. The molecule has 1 atom stereocenters. The van der Waals surface area contributed by atoms with Crippen molar-refractivity contribution >= 4 is 12.4 Å². The summed E-state index contributed by atoms with van der Waals surface area (Å²) in [5.74, 6) is -1.02. The average molecular weight is 266 g/mol. The van der Waals surface area contributed by atoms with Crippen LogP contribution in [0.5, 0.6) is 5.75 Å². The van der Waals surface area contributed by atoms with Crippen molar-refractivity contribution in [1.29, 1.82) is 0 Å². The molecule has 0 radical (unpaired) electrons. The van der Waals surface area contributed by atoms with E-state index >= 15 is 0 Å². The monoisotopic (exact) mass is 265 g/mol. The lowest BCUT2D eigenvalue weighted by Gasteiger charge is -2.17. The van der Waals surface area contributed by atoms with E-state index in [1.54, 1.807) is 0 Å². The minimum Gasteiger partial charge on any atom is -0.494 e. The second-order valence-electron chi connectivity index (χ2n) is 4.21. The maximum Gasteiger partial charge on any atom is 0.172 e. The number of nitrogens with two attached hydrogens (primary N) is 1. The van der Waals surface area contributed by atoms with E-state index in [4.69, 9.17) is 10.5 Å². The van der Waals surface area contributed by atoms with Gasteiger partial charge >= 0.3 is 0 Å². The Morgan fingerprint density at radius 1 is 1.29 bits per heavy atom. The van der Waals surface area contributed by atoms with Gasteiger partial charge in [-0.3, -0.25) is 0 Å². The van der Waals surface area contributed by atoms with Gasteiger partial charge in [-0.1, -0.05) is 13.8 Å². The molecule has 0 unspecified atom stereocenters. The van der Waals surface area contributed by atoms with E-state index in [-0.39, 0.29) is 29.6 Å². The molecular weight excluding hydrogens is 248 g/mol. The van der Waals surface area contributed by atoms with Crippen molar-refractivity contribution in [2.24, 2.45) is 11.7 Å². The van der Waals surface area contributed by atoms with E-state index in [9.17, 15) is 8.78 Å². The Morgan fingerprint density at radius 2 is 1.88 bits per heavy atom. The van der Waals surface area contributed by atoms with Crippen LogP contribution >= 0.6 is 12.4 Å². The Morgan fingerprint density at radius 3 is 2.35 bits per heavy atom. The van der Waals surface area contributed by atoms with E-state index in [0.717, 1.165) is 0 Å². The summed E-state index contributed by atoms with van der Waals surface area (Å²) in [6.45, 7) is 3.91. The van der Waals surface area contributed by atoms with Crippen LogP contribution < -0.4 is 10.5 Å². The maximum absolute atomic E-state index is 13.8. The highest BCUT2D eigenvalue weighted by Crippen LogP contribution is 2.29. The minimum atomic E-state index is -0.698. The van der Waals surface area contributed by atoms with Crippen LogP contribution in [0.25, 0.3) is 0 Å². The Bertz CT molecular complexity index is 372. The number of hydrogen-bond acceptors (Lipinski definition) is 2. The molecule has 1 aromatic rings. The molecule has 0 amide bonds. The molecule has 2 N–H and O–H groups in total. The van der Waals surface area contributed by atoms with Gasteiger partial charge in [0, 0.05) is 11.6 Å². The average Bonchev–Trinajstić information content (AvgIpc) is 2.16. The molecule has 0 bridgehead atoms. The van der Waals surface area contributed by atoms with E-state index in [1.807, 2.05) is 13.8 Å². The van der Waals surface area contributed by atoms with E-state index < -0.39 is 17.7 Å². The fraction of sp³-hybridized carbons (Fsp3) is 0.500. The smallest absolute Gasteiger partial charge is 0.172 e. The van der Waals surface area contributed by atoms with Crippen LogP contribution in [0.1, 0.15) is 31.9 Å². The molecule has 0 aliphatic rings. The fourth-order valence-corrected chi connectivity index (χ4v) is 1.67.